The Kier molecular flexibility index (Phi) is 4.77. The Labute approximate surface area is 173 Å². The maximum absolute atomic E-state index is 13.3. The zero-order chi connectivity index (χ0) is 19.5. The lowest BCUT2D eigenvalue weighted by atomic mass is 9.87. The predicted octanol–water partition coefficient (Wildman–Crippen LogP) is 7.39. The van der Waals surface area contributed by atoms with Crippen molar-refractivity contribution in [1.29, 1.82) is 0 Å². The molecule has 3 heterocycles. The molecule has 1 aliphatic carbocycles. The molecule has 0 bridgehead atoms. The van der Waals surface area contributed by atoms with E-state index in [4.69, 9.17) is 0 Å². The van der Waals surface area contributed by atoms with Crippen LogP contribution in [0.2, 0.25) is 0 Å². The molecule has 4 heteroatoms. The zero-order valence-corrected chi connectivity index (χ0v) is 19.1. The van der Waals surface area contributed by atoms with Crippen LogP contribution < -0.4 is 0 Å². The number of hydrogen-bond donors (Lipinski definition) is 0. The quantitative estimate of drug-likeness (QED) is 0.438. The fourth-order valence-corrected chi connectivity index (χ4v) is 7.23. The molecule has 3 aromatic rings. The molecule has 3 aromatic heterocycles. The molecule has 27 heavy (non-hydrogen) atoms. The van der Waals surface area contributed by atoms with Crippen molar-refractivity contribution in [3.8, 4) is 0 Å². The summed E-state index contributed by atoms with van der Waals surface area (Å²) in [5.41, 5.74) is 5.97. The first kappa shape index (κ1) is 18.9. The van der Waals surface area contributed by atoms with Crippen LogP contribution in [-0.4, -0.2) is 5.78 Å². The van der Waals surface area contributed by atoms with Crippen LogP contribution in [0.5, 0.6) is 0 Å². The highest BCUT2D eigenvalue weighted by Gasteiger charge is 2.37. The number of aryl methyl sites for hydroxylation is 6. The second-order valence-electron chi connectivity index (χ2n) is 7.49. The zero-order valence-electron chi connectivity index (χ0n) is 16.6. The molecule has 0 amide bonds. The highest BCUT2D eigenvalue weighted by atomic mass is 32.1. The van der Waals surface area contributed by atoms with Gasteiger partial charge in [0.2, 0.25) is 0 Å². The van der Waals surface area contributed by atoms with E-state index in [1.165, 1.54) is 46.0 Å². The number of allylic oxidation sites excluding steroid dienone is 2. The van der Waals surface area contributed by atoms with E-state index in [9.17, 15) is 4.79 Å². The van der Waals surface area contributed by atoms with Crippen molar-refractivity contribution in [3.05, 3.63) is 64.2 Å². The number of ketones is 1. The van der Waals surface area contributed by atoms with Gasteiger partial charge in [-0.25, -0.2) is 0 Å². The SMILES string of the molecule is Cc1cc(C2=C(c3cc(C)sc3C)C(c3cc(C)sc3C)CC2=O)c(C)s1. The lowest BCUT2D eigenvalue weighted by molar-refractivity contribution is -0.113. The topological polar surface area (TPSA) is 17.1 Å². The van der Waals surface area contributed by atoms with E-state index in [0.29, 0.717) is 12.2 Å². The summed E-state index contributed by atoms with van der Waals surface area (Å²) in [6.07, 6.45) is 0.588. The van der Waals surface area contributed by atoms with Gasteiger partial charge in [-0.15, -0.1) is 34.0 Å². The molecule has 4 rings (SSSR count). The van der Waals surface area contributed by atoms with Crippen LogP contribution in [0, 0.1) is 41.5 Å². The fraction of sp³-hybridized carbons (Fsp3) is 0.348. The first-order valence-corrected chi connectivity index (χ1v) is 11.7. The molecular formula is C23H24OS3. The first-order valence-electron chi connectivity index (χ1n) is 9.25. The van der Waals surface area contributed by atoms with Gasteiger partial charge in [0.25, 0.3) is 0 Å². The van der Waals surface area contributed by atoms with Crippen LogP contribution in [0.25, 0.3) is 11.1 Å². The second kappa shape index (κ2) is 6.84. The predicted molar refractivity (Wildman–Crippen MR) is 121 cm³/mol. The standard InChI is InChI=1S/C23H24OS3/c1-11-7-17(14(4)25-11)20-10-21(24)23(19-9-13(3)27-16(19)6)22(20)18-8-12(2)26-15(18)5/h7-9,20H,10H2,1-6H3. The molecule has 0 saturated carbocycles. The number of carbonyl (C=O) groups excluding carboxylic acids is 1. The molecule has 0 spiro atoms. The summed E-state index contributed by atoms with van der Waals surface area (Å²) in [5, 5.41) is 0. The summed E-state index contributed by atoms with van der Waals surface area (Å²) in [4.78, 5) is 21.1. The van der Waals surface area contributed by atoms with Crippen molar-refractivity contribution in [2.75, 3.05) is 0 Å². The van der Waals surface area contributed by atoms with Crippen molar-refractivity contribution in [2.24, 2.45) is 0 Å². The molecule has 1 nitrogen and oxygen atoms in total. The average Bonchev–Trinajstić information content (AvgIpc) is 3.26. The fourth-order valence-electron chi connectivity index (χ4n) is 4.37. The summed E-state index contributed by atoms with van der Waals surface area (Å²) in [6.45, 7) is 13.0. The van der Waals surface area contributed by atoms with E-state index in [1.807, 2.05) is 22.7 Å². The lowest BCUT2D eigenvalue weighted by Crippen LogP contribution is -1.99. The van der Waals surface area contributed by atoms with Crippen molar-refractivity contribution in [3.63, 3.8) is 0 Å². The lowest BCUT2D eigenvalue weighted by Gasteiger charge is -2.16. The van der Waals surface area contributed by atoms with Crippen molar-refractivity contribution in [2.45, 2.75) is 53.9 Å². The normalized spacial score (nSPS) is 17.4. The van der Waals surface area contributed by atoms with E-state index in [1.54, 1.807) is 11.3 Å². The Morgan fingerprint density at radius 2 is 1.26 bits per heavy atom. The minimum absolute atomic E-state index is 0.171. The van der Waals surface area contributed by atoms with Crippen LogP contribution in [0.4, 0.5) is 0 Å². The molecule has 140 valence electrons. The number of hydrogen-bond acceptors (Lipinski definition) is 4. The molecule has 1 aliphatic rings. The monoisotopic (exact) mass is 412 g/mol. The van der Waals surface area contributed by atoms with Gasteiger partial charge >= 0.3 is 0 Å². The Morgan fingerprint density at radius 3 is 1.74 bits per heavy atom. The molecule has 0 saturated heterocycles. The van der Waals surface area contributed by atoms with E-state index < -0.39 is 0 Å². The van der Waals surface area contributed by atoms with Crippen molar-refractivity contribution in [1.82, 2.24) is 0 Å². The van der Waals surface area contributed by atoms with E-state index in [2.05, 4.69) is 59.7 Å². The van der Waals surface area contributed by atoms with Crippen LogP contribution in [-0.2, 0) is 4.79 Å². The van der Waals surface area contributed by atoms with Gasteiger partial charge < -0.3 is 0 Å². The third-order valence-electron chi connectivity index (χ3n) is 5.38. The molecular weight excluding hydrogens is 388 g/mol. The number of carbonyl (C=O) groups is 1. The van der Waals surface area contributed by atoms with Gasteiger partial charge in [0.05, 0.1) is 0 Å². The number of rotatable bonds is 3. The molecule has 0 aromatic carbocycles. The maximum Gasteiger partial charge on any atom is 0.164 e. The van der Waals surface area contributed by atoms with Gasteiger partial charge in [0.1, 0.15) is 0 Å². The van der Waals surface area contributed by atoms with Gasteiger partial charge in [-0.2, -0.15) is 0 Å². The summed E-state index contributed by atoms with van der Waals surface area (Å²) < 4.78 is 0. The molecule has 0 fully saturated rings. The molecule has 1 unspecified atom stereocenters. The average molecular weight is 413 g/mol. The largest absolute Gasteiger partial charge is 0.294 e. The van der Waals surface area contributed by atoms with E-state index >= 15 is 0 Å². The highest BCUT2D eigenvalue weighted by Crippen LogP contribution is 2.51. The second-order valence-corrected chi connectivity index (χ2v) is 11.9. The maximum atomic E-state index is 13.3. The Hall–Kier alpha value is -1.49. The van der Waals surface area contributed by atoms with Gasteiger partial charge in [-0.05, 0) is 82.0 Å². The number of thiophene rings is 3. The van der Waals surface area contributed by atoms with Gasteiger partial charge in [0.15, 0.2) is 5.78 Å². The Bertz CT molecular complexity index is 1090. The van der Waals surface area contributed by atoms with Gasteiger partial charge in [-0.3, -0.25) is 4.79 Å². The minimum atomic E-state index is 0.171. The summed E-state index contributed by atoms with van der Waals surface area (Å²) in [7, 11) is 0. The van der Waals surface area contributed by atoms with Crippen LogP contribution in [0.3, 0.4) is 0 Å². The summed E-state index contributed by atoms with van der Waals surface area (Å²) >= 11 is 5.46. The Balaban J connectivity index is 2.02. The van der Waals surface area contributed by atoms with Crippen LogP contribution in [0.1, 0.15) is 58.3 Å². The molecule has 0 aliphatic heterocycles. The third kappa shape index (κ3) is 3.18. The third-order valence-corrected chi connectivity index (χ3v) is 8.30. The van der Waals surface area contributed by atoms with E-state index in [-0.39, 0.29) is 5.92 Å². The molecule has 0 radical (unpaired) electrons. The minimum Gasteiger partial charge on any atom is -0.294 e. The summed E-state index contributed by atoms with van der Waals surface area (Å²) in [6, 6.07) is 6.78. The Morgan fingerprint density at radius 1 is 0.741 bits per heavy atom. The summed E-state index contributed by atoms with van der Waals surface area (Å²) in [5.74, 6) is 0.465. The van der Waals surface area contributed by atoms with E-state index in [0.717, 1.165) is 11.1 Å². The molecule has 0 N–H and O–H groups in total. The first-order chi connectivity index (χ1) is 12.8. The van der Waals surface area contributed by atoms with Crippen LogP contribution in [0.15, 0.2) is 18.2 Å². The van der Waals surface area contributed by atoms with Crippen molar-refractivity contribution < 1.29 is 4.79 Å². The smallest absolute Gasteiger partial charge is 0.164 e. The van der Waals surface area contributed by atoms with Gasteiger partial charge in [-0.1, -0.05) is 0 Å². The van der Waals surface area contributed by atoms with Gasteiger partial charge in [0, 0.05) is 47.2 Å². The number of Topliss-reactive ketones (excluding diaryl/α,β-unsaturated/α-hetero) is 1. The highest BCUT2D eigenvalue weighted by molar-refractivity contribution is 7.12. The van der Waals surface area contributed by atoms with Crippen LogP contribution >= 0.6 is 34.0 Å². The molecule has 1 atom stereocenters. The van der Waals surface area contributed by atoms with Crippen molar-refractivity contribution >= 4 is 50.9 Å².